The molecule has 0 aliphatic rings. The molecule has 0 radical (unpaired) electrons. The van der Waals surface area contributed by atoms with E-state index >= 15 is 0 Å². The summed E-state index contributed by atoms with van der Waals surface area (Å²) in [5.74, 6) is 0.912. The zero-order valence-electron chi connectivity index (χ0n) is 7.74. The van der Waals surface area contributed by atoms with Gasteiger partial charge >= 0.3 is 0 Å². The minimum atomic E-state index is 0.423. The molecule has 0 bridgehead atoms. The Hall–Kier alpha value is -1.63. The maximum Gasteiger partial charge on any atom is 0.225 e. The zero-order valence-corrected chi connectivity index (χ0v) is 9.32. The van der Waals surface area contributed by atoms with Gasteiger partial charge in [-0.25, -0.2) is 4.98 Å². The van der Waals surface area contributed by atoms with E-state index in [2.05, 4.69) is 41.4 Å². The summed E-state index contributed by atoms with van der Waals surface area (Å²) in [5, 5.41) is 9.59. The maximum atomic E-state index is 5.57. The van der Waals surface area contributed by atoms with Crippen LogP contribution in [0, 0.1) is 0 Å². The summed E-state index contributed by atoms with van der Waals surface area (Å²) in [6.07, 6.45) is 3.53. The number of rotatable bonds is 3. The monoisotopic (exact) mass is 268 g/mol. The van der Waals surface area contributed by atoms with Crippen LogP contribution in [0.15, 0.2) is 23.1 Å². The lowest BCUT2D eigenvalue weighted by molar-refractivity contribution is 1.05. The number of hydrogen-bond acceptors (Lipinski definition) is 5. The smallest absolute Gasteiger partial charge is 0.225 e. The second-order valence-electron chi connectivity index (χ2n) is 2.90. The summed E-state index contributed by atoms with van der Waals surface area (Å²) < 4.78 is 0.657. The van der Waals surface area contributed by atoms with Crippen molar-refractivity contribution in [2.75, 3.05) is 11.1 Å². The van der Waals surface area contributed by atoms with Crippen LogP contribution in [0.5, 0.6) is 0 Å². The molecule has 0 amide bonds. The second kappa shape index (κ2) is 4.26. The number of aromatic amines is 1. The Labute approximate surface area is 94.4 Å². The van der Waals surface area contributed by atoms with Crippen molar-refractivity contribution in [3.63, 3.8) is 0 Å². The Morgan fingerprint density at radius 2 is 2.33 bits per heavy atom. The third-order valence-electron chi connectivity index (χ3n) is 1.72. The highest BCUT2D eigenvalue weighted by atomic mass is 79.9. The normalized spacial score (nSPS) is 10.2. The molecular weight excluding hydrogens is 260 g/mol. The van der Waals surface area contributed by atoms with Crippen LogP contribution in [-0.4, -0.2) is 20.2 Å². The number of nitrogens with two attached hydrogens (primary N) is 1. The van der Waals surface area contributed by atoms with Gasteiger partial charge in [-0.1, -0.05) is 0 Å². The van der Waals surface area contributed by atoms with Crippen LogP contribution >= 0.6 is 15.9 Å². The highest BCUT2D eigenvalue weighted by Gasteiger charge is 2.00. The molecule has 78 valence electrons. The van der Waals surface area contributed by atoms with E-state index in [9.17, 15) is 0 Å². The molecular formula is C8H9BrN6. The largest absolute Gasteiger partial charge is 0.383 e. The molecule has 0 atom stereocenters. The van der Waals surface area contributed by atoms with Crippen molar-refractivity contribution in [3.05, 3.63) is 28.6 Å². The van der Waals surface area contributed by atoms with E-state index in [1.165, 1.54) is 0 Å². The average Bonchev–Trinajstić information content (AvgIpc) is 2.65. The standard InChI is InChI=1S/C8H9BrN6/c9-6-1-7(10)15-8(14-6)11-2-5-3-12-13-4-5/h1,3-4H,2H2,(H,12,13)(H3,10,11,14,15). The summed E-state index contributed by atoms with van der Waals surface area (Å²) in [7, 11) is 0. The van der Waals surface area contributed by atoms with E-state index in [1.54, 1.807) is 18.5 Å². The molecule has 0 saturated carbocycles. The molecule has 2 aromatic rings. The van der Waals surface area contributed by atoms with Gasteiger partial charge in [0, 0.05) is 24.4 Å². The Kier molecular flexibility index (Phi) is 2.82. The molecule has 0 unspecified atom stereocenters. The topological polar surface area (TPSA) is 92.5 Å². The summed E-state index contributed by atoms with van der Waals surface area (Å²) in [6, 6.07) is 1.64. The molecule has 0 aliphatic carbocycles. The summed E-state index contributed by atoms with van der Waals surface area (Å²) in [4.78, 5) is 8.15. The summed E-state index contributed by atoms with van der Waals surface area (Å²) >= 11 is 3.24. The van der Waals surface area contributed by atoms with E-state index in [0.29, 0.717) is 22.9 Å². The predicted molar refractivity (Wildman–Crippen MR) is 60.1 cm³/mol. The van der Waals surface area contributed by atoms with E-state index in [4.69, 9.17) is 5.73 Å². The first kappa shape index (κ1) is 9.91. The number of halogens is 1. The molecule has 7 heteroatoms. The SMILES string of the molecule is Nc1cc(Br)nc(NCc2cn[nH]c2)n1. The molecule has 0 aromatic carbocycles. The van der Waals surface area contributed by atoms with Crippen molar-refractivity contribution >= 4 is 27.7 Å². The summed E-state index contributed by atoms with van der Waals surface area (Å²) in [5.41, 5.74) is 6.59. The summed E-state index contributed by atoms with van der Waals surface area (Å²) in [6.45, 7) is 0.604. The van der Waals surface area contributed by atoms with Crippen LogP contribution < -0.4 is 11.1 Å². The van der Waals surface area contributed by atoms with Crippen LogP contribution in [0.3, 0.4) is 0 Å². The van der Waals surface area contributed by atoms with Gasteiger partial charge in [0.2, 0.25) is 5.95 Å². The minimum Gasteiger partial charge on any atom is -0.383 e. The lowest BCUT2D eigenvalue weighted by Crippen LogP contribution is -2.04. The Morgan fingerprint density at radius 3 is 3.00 bits per heavy atom. The molecule has 2 rings (SSSR count). The van der Waals surface area contributed by atoms with Crippen LogP contribution in [0.25, 0.3) is 0 Å². The fraction of sp³-hybridized carbons (Fsp3) is 0.125. The van der Waals surface area contributed by atoms with Crippen molar-refractivity contribution in [1.29, 1.82) is 0 Å². The maximum absolute atomic E-state index is 5.57. The molecule has 0 saturated heterocycles. The highest BCUT2D eigenvalue weighted by molar-refractivity contribution is 9.10. The van der Waals surface area contributed by atoms with E-state index in [1.807, 2.05) is 0 Å². The number of nitrogen functional groups attached to an aromatic ring is 1. The Balaban J connectivity index is 2.05. The lowest BCUT2D eigenvalue weighted by atomic mass is 10.4. The fourth-order valence-electron chi connectivity index (χ4n) is 1.07. The van der Waals surface area contributed by atoms with Crippen molar-refractivity contribution in [3.8, 4) is 0 Å². The fourth-order valence-corrected chi connectivity index (χ4v) is 1.47. The van der Waals surface area contributed by atoms with Crippen molar-refractivity contribution in [1.82, 2.24) is 20.2 Å². The number of nitrogens with zero attached hydrogens (tertiary/aromatic N) is 3. The number of nitrogens with one attached hydrogen (secondary N) is 2. The van der Waals surface area contributed by atoms with Gasteiger partial charge in [0.15, 0.2) is 0 Å². The molecule has 6 nitrogen and oxygen atoms in total. The number of aromatic nitrogens is 4. The average molecular weight is 269 g/mol. The molecule has 0 fully saturated rings. The highest BCUT2D eigenvalue weighted by Crippen LogP contribution is 2.12. The molecule has 2 heterocycles. The van der Waals surface area contributed by atoms with Gasteiger partial charge in [-0.15, -0.1) is 0 Å². The molecule has 0 spiro atoms. The van der Waals surface area contributed by atoms with Gasteiger partial charge in [0.25, 0.3) is 0 Å². The van der Waals surface area contributed by atoms with Crippen LogP contribution in [0.2, 0.25) is 0 Å². The van der Waals surface area contributed by atoms with E-state index in [0.717, 1.165) is 5.56 Å². The van der Waals surface area contributed by atoms with Crippen LogP contribution in [0.1, 0.15) is 5.56 Å². The second-order valence-corrected chi connectivity index (χ2v) is 3.71. The Morgan fingerprint density at radius 1 is 1.47 bits per heavy atom. The van der Waals surface area contributed by atoms with Crippen LogP contribution in [-0.2, 0) is 6.54 Å². The molecule has 4 N–H and O–H groups in total. The number of anilines is 2. The molecule has 2 aromatic heterocycles. The molecule has 0 aliphatic heterocycles. The van der Waals surface area contributed by atoms with Crippen molar-refractivity contribution < 1.29 is 0 Å². The predicted octanol–water partition coefficient (Wildman–Crippen LogP) is 1.16. The zero-order chi connectivity index (χ0) is 10.7. The first-order valence-corrected chi connectivity index (χ1v) is 5.05. The Bertz CT molecular complexity index is 420. The lowest BCUT2D eigenvalue weighted by Gasteiger charge is -2.03. The number of hydrogen-bond donors (Lipinski definition) is 3. The van der Waals surface area contributed by atoms with Crippen LogP contribution in [0.4, 0.5) is 11.8 Å². The van der Waals surface area contributed by atoms with Gasteiger partial charge in [0.05, 0.1) is 6.20 Å². The van der Waals surface area contributed by atoms with Gasteiger partial charge in [0.1, 0.15) is 10.4 Å². The van der Waals surface area contributed by atoms with Gasteiger partial charge in [-0.05, 0) is 15.9 Å². The van der Waals surface area contributed by atoms with Gasteiger partial charge in [-0.3, -0.25) is 5.10 Å². The van der Waals surface area contributed by atoms with E-state index < -0.39 is 0 Å². The minimum absolute atomic E-state index is 0.423. The van der Waals surface area contributed by atoms with Crippen molar-refractivity contribution in [2.45, 2.75) is 6.54 Å². The molecule has 15 heavy (non-hydrogen) atoms. The third-order valence-corrected chi connectivity index (χ3v) is 2.13. The third kappa shape index (κ3) is 2.66. The first-order valence-electron chi connectivity index (χ1n) is 4.25. The quantitative estimate of drug-likeness (QED) is 0.727. The number of H-pyrrole nitrogens is 1. The van der Waals surface area contributed by atoms with Gasteiger partial charge in [-0.2, -0.15) is 10.1 Å². The van der Waals surface area contributed by atoms with Gasteiger partial charge < -0.3 is 11.1 Å². The van der Waals surface area contributed by atoms with Crippen molar-refractivity contribution in [2.24, 2.45) is 0 Å². The van der Waals surface area contributed by atoms with E-state index in [-0.39, 0.29) is 0 Å². The first-order chi connectivity index (χ1) is 7.24.